The maximum Gasteiger partial charge on any atom is 0.434 e. The number of hydrogen-bond donors (Lipinski definition) is 1. The lowest BCUT2D eigenvalue weighted by Gasteiger charge is -2.12. The Morgan fingerprint density at radius 1 is 1.17 bits per heavy atom. The molecule has 30 heavy (non-hydrogen) atoms. The molecule has 0 spiro atoms. The standard InChI is InChI=1S/C20H18ClF3N6/c1-12(2)29-11-16(20(22,23)24)27-18(29)14-5-3-13(4-6-14)10-26-15-9-17(21)28-30-8-7-25-19(15)30/h3-9,11-12,26H,10H2,1-2H3. The molecule has 10 heteroatoms. The highest BCUT2D eigenvalue weighted by Crippen LogP contribution is 2.32. The zero-order chi connectivity index (χ0) is 21.5. The molecule has 0 aliphatic heterocycles. The van der Waals surface area contributed by atoms with Gasteiger partial charge in [0, 0.05) is 42.8 Å². The summed E-state index contributed by atoms with van der Waals surface area (Å²) < 4.78 is 42.4. The molecule has 0 aliphatic carbocycles. The molecule has 0 atom stereocenters. The number of anilines is 1. The van der Waals surface area contributed by atoms with E-state index in [0.717, 1.165) is 17.4 Å². The molecule has 4 rings (SSSR count). The van der Waals surface area contributed by atoms with Crippen LogP contribution in [0.5, 0.6) is 0 Å². The maximum atomic E-state index is 13.1. The number of hydrogen-bond acceptors (Lipinski definition) is 4. The predicted octanol–water partition coefficient (Wildman–Crippen LogP) is 5.46. The van der Waals surface area contributed by atoms with Crippen molar-refractivity contribution >= 4 is 22.9 Å². The fourth-order valence-corrected chi connectivity index (χ4v) is 3.31. The molecule has 0 unspecified atom stereocenters. The first-order valence-electron chi connectivity index (χ1n) is 9.21. The van der Waals surface area contributed by atoms with E-state index in [0.29, 0.717) is 22.9 Å². The van der Waals surface area contributed by atoms with Crippen LogP contribution in [0.15, 0.2) is 48.9 Å². The third kappa shape index (κ3) is 3.97. The molecular formula is C20H18ClF3N6. The van der Waals surface area contributed by atoms with Gasteiger partial charge in [-0.25, -0.2) is 14.5 Å². The van der Waals surface area contributed by atoms with Crippen LogP contribution in [-0.4, -0.2) is 24.1 Å². The lowest BCUT2D eigenvalue weighted by molar-refractivity contribution is -0.140. The summed E-state index contributed by atoms with van der Waals surface area (Å²) >= 11 is 6.04. The van der Waals surface area contributed by atoms with Gasteiger partial charge in [-0.05, 0) is 19.4 Å². The van der Waals surface area contributed by atoms with Crippen LogP contribution in [0.4, 0.5) is 18.9 Å². The number of benzene rings is 1. The Hall–Kier alpha value is -3.07. The van der Waals surface area contributed by atoms with Crippen LogP contribution in [0, 0.1) is 0 Å². The summed E-state index contributed by atoms with van der Waals surface area (Å²) in [7, 11) is 0. The van der Waals surface area contributed by atoms with Crippen molar-refractivity contribution in [1.82, 2.24) is 24.1 Å². The zero-order valence-corrected chi connectivity index (χ0v) is 16.9. The summed E-state index contributed by atoms with van der Waals surface area (Å²) in [4.78, 5) is 8.07. The number of halogens is 4. The van der Waals surface area contributed by atoms with Gasteiger partial charge in [-0.3, -0.25) is 0 Å². The minimum Gasteiger partial charge on any atom is -0.378 e. The highest BCUT2D eigenvalue weighted by molar-refractivity contribution is 6.29. The van der Waals surface area contributed by atoms with Gasteiger partial charge in [0.25, 0.3) is 0 Å². The van der Waals surface area contributed by atoms with Gasteiger partial charge in [0.05, 0.1) is 5.69 Å². The van der Waals surface area contributed by atoms with E-state index in [1.54, 1.807) is 35.1 Å². The minimum absolute atomic E-state index is 0.154. The van der Waals surface area contributed by atoms with E-state index in [1.807, 2.05) is 26.0 Å². The van der Waals surface area contributed by atoms with E-state index < -0.39 is 11.9 Å². The van der Waals surface area contributed by atoms with Crippen molar-refractivity contribution in [2.45, 2.75) is 32.6 Å². The first-order chi connectivity index (χ1) is 14.2. The summed E-state index contributed by atoms with van der Waals surface area (Å²) in [6.07, 6.45) is -0.0981. The van der Waals surface area contributed by atoms with E-state index in [2.05, 4.69) is 20.4 Å². The summed E-state index contributed by atoms with van der Waals surface area (Å²) in [6.45, 7) is 4.12. The number of fused-ring (bicyclic) bond motifs is 1. The van der Waals surface area contributed by atoms with Crippen molar-refractivity contribution in [3.8, 4) is 11.4 Å². The van der Waals surface area contributed by atoms with E-state index >= 15 is 0 Å². The molecule has 0 radical (unpaired) electrons. The van der Waals surface area contributed by atoms with Gasteiger partial charge in [-0.2, -0.15) is 18.3 Å². The first kappa shape index (κ1) is 20.2. The van der Waals surface area contributed by atoms with E-state index in [-0.39, 0.29) is 11.9 Å². The monoisotopic (exact) mass is 434 g/mol. The molecule has 0 fully saturated rings. The van der Waals surface area contributed by atoms with E-state index in [4.69, 9.17) is 11.6 Å². The number of rotatable bonds is 5. The third-order valence-corrected chi connectivity index (χ3v) is 4.79. The lowest BCUT2D eigenvalue weighted by atomic mass is 10.1. The summed E-state index contributed by atoms with van der Waals surface area (Å²) in [6, 6.07) is 8.77. The van der Waals surface area contributed by atoms with Crippen molar-refractivity contribution in [3.63, 3.8) is 0 Å². The summed E-state index contributed by atoms with van der Waals surface area (Å²) in [5, 5.41) is 7.73. The lowest BCUT2D eigenvalue weighted by Crippen LogP contribution is -2.05. The van der Waals surface area contributed by atoms with Crippen LogP contribution in [0.3, 0.4) is 0 Å². The fraction of sp³-hybridized carbons (Fsp3) is 0.250. The molecule has 0 bridgehead atoms. The summed E-state index contributed by atoms with van der Waals surface area (Å²) in [5.41, 5.74) is 2.04. The normalized spacial score (nSPS) is 12.1. The number of aromatic nitrogens is 5. The smallest absolute Gasteiger partial charge is 0.378 e. The van der Waals surface area contributed by atoms with Crippen molar-refractivity contribution in [3.05, 3.63) is 65.3 Å². The Kier molecular flexibility index (Phi) is 5.15. The van der Waals surface area contributed by atoms with E-state index in [1.165, 1.54) is 4.57 Å². The van der Waals surface area contributed by atoms with Crippen LogP contribution < -0.4 is 5.32 Å². The van der Waals surface area contributed by atoms with Gasteiger partial charge < -0.3 is 9.88 Å². The maximum absolute atomic E-state index is 13.1. The topological polar surface area (TPSA) is 60.0 Å². The largest absolute Gasteiger partial charge is 0.434 e. The highest BCUT2D eigenvalue weighted by atomic mass is 35.5. The van der Waals surface area contributed by atoms with Crippen molar-refractivity contribution < 1.29 is 13.2 Å². The van der Waals surface area contributed by atoms with Crippen LogP contribution in [0.1, 0.15) is 31.1 Å². The Balaban J connectivity index is 1.56. The second kappa shape index (κ2) is 7.64. The molecule has 156 valence electrons. The number of nitrogens with one attached hydrogen (secondary N) is 1. The SMILES string of the molecule is CC(C)n1cc(C(F)(F)F)nc1-c1ccc(CNc2cc(Cl)nn3ccnc23)cc1. The van der Waals surface area contributed by atoms with Crippen LogP contribution in [0.25, 0.3) is 17.0 Å². The second-order valence-electron chi connectivity index (χ2n) is 7.08. The fourth-order valence-electron chi connectivity index (χ4n) is 3.12. The average molecular weight is 435 g/mol. The summed E-state index contributed by atoms with van der Waals surface area (Å²) in [5.74, 6) is 0.289. The number of nitrogens with zero attached hydrogens (tertiary/aromatic N) is 5. The molecular weight excluding hydrogens is 417 g/mol. The van der Waals surface area contributed by atoms with Crippen LogP contribution in [-0.2, 0) is 12.7 Å². The van der Waals surface area contributed by atoms with Gasteiger partial charge >= 0.3 is 6.18 Å². The average Bonchev–Trinajstić information content (AvgIpc) is 3.33. The third-order valence-electron chi connectivity index (χ3n) is 4.60. The van der Waals surface area contributed by atoms with Gasteiger partial charge in [-0.15, -0.1) is 0 Å². The molecule has 0 amide bonds. The second-order valence-corrected chi connectivity index (χ2v) is 7.46. The van der Waals surface area contributed by atoms with Crippen LogP contribution >= 0.6 is 11.6 Å². The molecule has 0 saturated carbocycles. The Labute approximate surface area is 175 Å². The zero-order valence-electron chi connectivity index (χ0n) is 16.2. The Bertz CT molecular complexity index is 1180. The van der Waals surface area contributed by atoms with Crippen molar-refractivity contribution in [2.75, 3.05) is 5.32 Å². The molecule has 6 nitrogen and oxygen atoms in total. The number of imidazole rings is 2. The molecule has 1 aromatic carbocycles. The number of alkyl halides is 3. The Morgan fingerprint density at radius 2 is 1.90 bits per heavy atom. The molecule has 4 aromatic rings. The predicted molar refractivity (Wildman–Crippen MR) is 108 cm³/mol. The van der Waals surface area contributed by atoms with Crippen molar-refractivity contribution in [2.24, 2.45) is 0 Å². The molecule has 3 heterocycles. The van der Waals surface area contributed by atoms with Crippen LogP contribution in [0.2, 0.25) is 5.15 Å². The molecule has 3 aromatic heterocycles. The van der Waals surface area contributed by atoms with Gasteiger partial charge in [0.1, 0.15) is 5.82 Å². The van der Waals surface area contributed by atoms with Crippen molar-refractivity contribution in [1.29, 1.82) is 0 Å². The van der Waals surface area contributed by atoms with E-state index in [9.17, 15) is 13.2 Å². The molecule has 1 N–H and O–H groups in total. The molecule has 0 saturated heterocycles. The first-order valence-corrected chi connectivity index (χ1v) is 9.59. The van der Waals surface area contributed by atoms with Gasteiger partial charge in [0.2, 0.25) is 0 Å². The molecule has 0 aliphatic rings. The van der Waals surface area contributed by atoms with Gasteiger partial charge in [-0.1, -0.05) is 35.9 Å². The van der Waals surface area contributed by atoms with Gasteiger partial charge in [0.15, 0.2) is 16.5 Å². The highest BCUT2D eigenvalue weighted by Gasteiger charge is 2.35. The Morgan fingerprint density at radius 3 is 2.57 bits per heavy atom. The quantitative estimate of drug-likeness (QED) is 0.453. The minimum atomic E-state index is -4.48.